The first-order valence-electron chi connectivity index (χ1n) is 8.32. The molecule has 2 N–H and O–H groups in total. The van der Waals surface area contributed by atoms with Gasteiger partial charge in [-0.15, -0.1) is 0 Å². The maximum absolute atomic E-state index is 12.1. The number of hydrogen-bond donors (Lipinski definition) is 2. The number of carbonyl (C=O) groups is 1. The first-order chi connectivity index (χ1) is 12.9. The fourth-order valence-electron chi connectivity index (χ4n) is 2.35. The molecule has 6 nitrogen and oxygen atoms in total. The predicted octanol–water partition coefficient (Wildman–Crippen LogP) is 3.44. The van der Waals surface area contributed by atoms with Gasteiger partial charge in [-0.25, -0.2) is 13.1 Å². The van der Waals surface area contributed by atoms with Gasteiger partial charge in [-0.2, -0.15) is 0 Å². The lowest BCUT2D eigenvalue weighted by atomic mass is 10.2. The lowest BCUT2D eigenvalue weighted by Gasteiger charge is -2.06. The van der Waals surface area contributed by atoms with Crippen molar-refractivity contribution in [2.75, 3.05) is 12.4 Å². The van der Waals surface area contributed by atoms with Crippen LogP contribution in [0, 0.1) is 0 Å². The second-order valence-electron chi connectivity index (χ2n) is 6.14. The zero-order chi connectivity index (χ0) is 19.4. The van der Waals surface area contributed by atoms with Crippen LogP contribution in [0.25, 0.3) is 6.08 Å². The topological polar surface area (TPSA) is 84.5 Å². The molecule has 1 saturated carbocycles. The number of hydrogen-bond acceptors (Lipinski definition) is 4. The predicted molar refractivity (Wildman–Crippen MR) is 105 cm³/mol. The normalized spacial score (nSPS) is 14.3. The van der Waals surface area contributed by atoms with E-state index in [4.69, 9.17) is 16.3 Å². The summed E-state index contributed by atoms with van der Waals surface area (Å²) in [4.78, 5) is 12.2. The van der Waals surface area contributed by atoms with E-state index in [2.05, 4.69) is 10.0 Å². The Balaban J connectivity index is 1.61. The SMILES string of the molecule is COc1ccc(NC(=O)/C=C/c2ccc(S(=O)(=O)NC3CC3)cc2)cc1Cl. The fraction of sp³-hybridized carbons (Fsp3) is 0.211. The highest BCUT2D eigenvalue weighted by Gasteiger charge is 2.27. The zero-order valence-corrected chi connectivity index (χ0v) is 16.2. The average Bonchev–Trinajstić information content (AvgIpc) is 3.44. The van der Waals surface area contributed by atoms with Crippen molar-refractivity contribution in [3.8, 4) is 5.75 Å². The molecule has 0 saturated heterocycles. The number of sulfonamides is 1. The smallest absolute Gasteiger partial charge is 0.248 e. The molecular formula is C19H19ClN2O4S. The van der Waals surface area contributed by atoms with E-state index in [1.807, 2.05) is 0 Å². The molecule has 1 aliphatic rings. The van der Waals surface area contributed by atoms with E-state index in [1.165, 1.54) is 25.3 Å². The third-order valence-corrected chi connectivity index (χ3v) is 5.77. The van der Waals surface area contributed by atoms with Crippen LogP contribution in [0.5, 0.6) is 5.75 Å². The number of ether oxygens (including phenoxy) is 1. The number of amides is 1. The summed E-state index contributed by atoms with van der Waals surface area (Å²) in [5, 5.41) is 3.10. The number of methoxy groups -OCH3 is 1. The third-order valence-electron chi connectivity index (χ3n) is 3.94. The van der Waals surface area contributed by atoms with Gasteiger partial charge in [-0.1, -0.05) is 23.7 Å². The Labute approximate surface area is 163 Å². The molecule has 142 valence electrons. The fourth-order valence-corrected chi connectivity index (χ4v) is 3.91. The van der Waals surface area contributed by atoms with E-state index in [1.54, 1.807) is 36.4 Å². The third kappa shape index (κ3) is 5.32. The molecule has 1 amide bonds. The van der Waals surface area contributed by atoms with Gasteiger partial charge in [0.1, 0.15) is 5.75 Å². The summed E-state index contributed by atoms with van der Waals surface area (Å²) in [6.45, 7) is 0. The summed E-state index contributed by atoms with van der Waals surface area (Å²) in [5.41, 5.74) is 1.26. The van der Waals surface area contributed by atoms with Crippen LogP contribution in [0.3, 0.4) is 0 Å². The molecule has 0 aromatic heterocycles. The van der Waals surface area contributed by atoms with Gasteiger partial charge in [0.25, 0.3) is 0 Å². The number of rotatable bonds is 7. The Bertz CT molecular complexity index is 968. The molecule has 0 heterocycles. The van der Waals surface area contributed by atoms with Crippen LogP contribution in [0.1, 0.15) is 18.4 Å². The quantitative estimate of drug-likeness (QED) is 0.690. The van der Waals surface area contributed by atoms with Gasteiger partial charge >= 0.3 is 0 Å². The molecule has 8 heteroatoms. The molecule has 3 rings (SSSR count). The lowest BCUT2D eigenvalue weighted by molar-refractivity contribution is -0.111. The summed E-state index contributed by atoms with van der Waals surface area (Å²) in [5.74, 6) is 0.194. The van der Waals surface area contributed by atoms with Crippen LogP contribution in [-0.2, 0) is 14.8 Å². The molecule has 1 fully saturated rings. The number of anilines is 1. The number of nitrogens with one attached hydrogen (secondary N) is 2. The molecule has 0 bridgehead atoms. The number of halogens is 1. The first kappa shape index (κ1) is 19.4. The summed E-state index contributed by atoms with van der Waals surface area (Å²) in [7, 11) is -1.96. The van der Waals surface area contributed by atoms with Crippen molar-refractivity contribution >= 4 is 39.3 Å². The van der Waals surface area contributed by atoms with Crippen molar-refractivity contribution in [2.45, 2.75) is 23.8 Å². The molecule has 0 unspecified atom stereocenters. The number of benzene rings is 2. The average molecular weight is 407 g/mol. The van der Waals surface area contributed by atoms with Crippen LogP contribution in [0.2, 0.25) is 5.02 Å². The lowest BCUT2D eigenvalue weighted by Crippen LogP contribution is -2.25. The van der Waals surface area contributed by atoms with Crippen molar-refractivity contribution < 1.29 is 17.9 Å². The minimum atomic E-state index is -3.47. The van der Waals surface area contributed by atoms with Gasteiger partial charge in [0.05, 0.1) is 17.0 Å². The summed E-state index contributed by atoms with van der Waals surface area (Å²) in [6, 6.07) is 11.3. The van der Waals surface area contributed by atoms with E-state index >= 15 is 0 Å². The Kier molecular flexibility index (Phi) is 5.84. The van der Waals surface area contributed by atoms with E-state index in [0.29, 0.717) is 22.0 Å². The second kappa shape index (κ2) is 8.12. The maximum atomic E-state index is 12.1. The monoisotopic (exact) mass is 406 g/mol. The first-order valence-corrected chi connectivity index (χ1v) is 10.2. The molecule has 0 spiro atoms. The van der Waals surface area contributed by atoms with E-state index in [-0.39, 0.29) is 16.8 Å². The van der Waals surface area contributed by atoms with Gasteiger partial charge in [0, 0.05) is 17.8 Å². The van der Waals surface area contributed by atoms with Crippen LogP contribution < -0.4 is 14.8 Å². The molecule has 0 aliphatic heterocycles. The molecule has 27 heavy (non-hydrogen) atoms. The minimum Gasteiger partial charge on any atom is -0.495 e. The van der Waals surface area contributed by atoms with E-state index < -0.39 is 10.0 Å². The van der Waals surface area contributed by atoms with Crippen LogP contribution in [-0.4, -0.2) is 27.5 Å². The van der Waals surface area contributed by atoms with Crippen molar-refractivity contribution in [1.82, 2.24) is 4.72 Å². The number of carbonyl (C=O) groups excluding carboxylic acids is 1. The molecule has 2 aromatic rings. The van der Waals surface area contributed by atoms with Gasteiger partial charge in [0.2, 0.25) is 15.9 Å². The Morgan fingerprint density at radius 1 is 1.19 bits per heavy atom. The van der Waals surface area contributed by atoms with Crippen molar-refractivity contribution in [1.29, 1.82) is 0 Å². The van der Waals surface area contributed by atoms with Crippen LogP contribution in [0.4, 0.5) is 5.69 Å². The Hall–Kier alpha value is -2.35. The highest BCUT2D eigenvalue weighted by Crippen LogP contribution is 2.27. The Morgan fingerprint density at radius 2 is 1.89 bits per heavy atom. The molecule has 0 atom stereocenters. The maximum Gasteiger partial charge on any atom is 0.248 e. The van der Waals surface area contributed by atoms with Crippen LogP contribution in [0.15, 0.2) is 53.4 Å². The zero-order valence-electron chi connectivity index (χ0n) is 14.6. The summed E-state index contributed by atoms with van der Waals surface area (Å²) in [6.07, 6.45) is 4.73. The summed E-state index contributed by atoms with van der Waals surface area (Å²) >= 11 is 6.02. The van der Waals surface area contributed by atoms with Gasteiger partial charge in [-0.05, 0) is 54.8 Å². The second-order valence-corrected chi connectivity index (χ2v) is 8.26. The molecular weight excluding hydrogens is 388 g/mol. The summed E-state index contributed by atoms with van der Waals surface area (Å²) < 4.78 is 31.9. The van der Waals surface area contributed by atoms with Gasteiger partial charge in [-0.3, -0.25) is 4.79 Å². The highest BCUT2D eigenvalue weighted by atomic mass is 35.5. The largest absolute Gasteiger partial charge is 0.495 e. The van der Waals surface area contributed by atoms with Crippen molar-refractivity contribution in [2.24, 2.45) is 0 Å². The molecule has 2 aromatic carbocycles. The molecule has 0 radical (unpaired) electrons. The van der Waals surface area contributed by atoms with Crippen molar-refractivity contribution in [3.05, 3.63) is 59.1 Å². The van der Waals surface area contributed by atoms with E-state index in [9.17, 15) is 13.2 Å². The molecule has 1 aliphatic carbocycles. The highest BCUT2D eigenvalue weighted by molar-refractivity contribution is 7.89. The van der Waals surface area contributed by atoms with Gasteiger partial charge in [0.15, 0.2) is 0 Å². The Morgan fingerprint density at radius 3 is 2.48 bits per heavy atom. The van der Waals surface area contributed by atoms with Gasteiger partial charge < -0.3 is 10.1 Å². The standard InChI is InChI=1S/C19H19ClN2O4S/c1-26-18-10-7-15(12-17(18)20)21-19(23)11-4-13-2-8-16(9-3-13)27(24,25)22-14-5-6-14/h2-4,7-12,14,22H,5-6H2,1H3,(H,21,23)/b11-4+. The van der Waals surface area contributed by atoms with Crippen LogP contribution >= 0.6 is 11.6 Å². The van der Waals surface area contributed by atoms with Crippen molar-refractivity contribution in [3.63, 3.8) is 0 Å². The van der Waals surface area contributed by atoms with E-state index in [0.717, 1.165) is 12.8 Å². The minimum absolute atomic E-state index is 0.0599.